The van der Waals surface area contributed by atoms with E-state index in [9.17, 15) is 28.1 Å². The lowest BCUT2D eigenvalue weighted by Gasteiger charge is -2.69. The van der Waals surface area contributed by atoms with Gasteiger partial charge in [0.1, 0.15) is 6.04 Å². The molecule has 1 aromatic rings. The first-order valence-corrected chi connectivity index (χ1v) is 10.7. The highest BCUT2D eigenvalue weighted by molar-refractivity contribution is 7.89. The predicted molar refractivity (Wildman–Crippen MR) is 105 cm³/mol. The van der Waals surface area contributed by atoms with Crippen LogP contribution >= 0.6 is 0 Å². The largest absolute Gasteiger partial charge is 0.467 e. The first-order chi connectivity index (χ1) is 13.8. The van der Waals surface area contributed by atoms with E-state index in [-0.39, 0.29) is 19.3 Å². The summed E-state index contributed by atoms with van der Waals surface area (Å²) < 4.78 is 32.6. The van der Waals surface area contributed by atoms with Gasteiger partial charge in [-0.25, -0.2) is 17.9 Å². The van der Waals surface area contributed by atoms with Gasteiger partial charge < -0.3 is 15.8 Å². The third-order valence-electron chi connectivity index (χ3n) is 5.67. The zero-order valence-electron chi connectivity index (χ0n) is 16.8. The van der Waals surface area contributed by atoms with Crippen molar-refractivity contribution in [3.63, 3.8) is 0 Å². The van der Waals surface area contributed by atoms with Crippen molar-refractivity contribution in [2.24, 2.45) is 11.1 Å². The standard InChI is InChI=1S/C18H24N4O7S/c1-16(2,19)13(14(23)29-3)20-15(24)17-8-18(9-17,10-17)21-30(27,28)12-7-5-4-6-11(12)22(25)26/h4-7,13,21H,8-10,19H2,1-3H3,(H,20,24)/t13-,17?,18?/m0/s1. The lowest BCUT2D eigenvalue weighted by molar-refractivity contribution is -0.387. The average Bonchev–Trinajstić information content (AvgIpc) is 2.59. The van der Waals surface area contributed by atoms with Crippen molar-refractivity contribution < 1.29 is 27.7 Å². The number of benzene rings is 1. The van der Waals surface area contributed by atoms with Gasteiger partial charge in [-0.05, 0) is 39.2 Å². The molecule has 12 heteroatoms. The minimum Gasteiger partial charge on any atom is -0.467 e. The lowest BCUT2D eigenvalue weighted by Crippen LogP contribution is -2.79. The molecule has 0 spiro atoms. The topological polar surface area (TPSA) is 171 Å². The molecule has 0 radical (unpaired) electrons. The van der Waals surface area contributed by atoms with Crippen LogP contribution in [-0.2, 0) is 24.3 Å². The fourth-order valence-electron chi connectivity index (χ4n) is 4.26. The molecule has 3 aliphatic rings. The smallest absolute Gasteiger partial charge is 0.330 e. The number of hydrogen-bond acceptors (Lipinski definition) is 8. The van der Waals surface area contributed by atoms with E-state index in [0.717, 1.165) is 6.07 Å². The van der Waals surface area contributed by atoms with Gasteiger partial charge in [-0.3, -0.25) is 14.9 Å². The average molecular weight is 440 g/mol. The maximum atomic E-state index is 12.7. The molecule has 2 bridgehead atoms. The lowest BCUT2D eigenvalue weighted by atomic mass is 9.39. The molecule has 0 heterocycles. The van der Waals surface area contributed by atoms with E-state index in [1.165, 1.54) is 25.3 Å². The van der Waals surface area contributed by atoms with Crippen LogP contribution in [0.1, 0.15) is 33.1 Å². The highest BCUT2D eigenvalue weighted by Crippen LogP contribution is 2.67. The van der Waals surface area contributed by atoms with Crippen LogP contribution in [0.15, 0.2) is 29.2 Å². The van der Waals surface area contributed by atoms with Gasteiger partial charge in [-0.2, -0.15) is 0 Å². The van der Waals surface area contributed by atoms with Gasteiger partial charge in [-0.1, -0.05) is 12.1 Å². The molecular weight excluding hydrogens is 416 g/mol. The highest BCUT2D eigenvalue weighted by atomic mass is 32.2. The Labute approximate surface area is 173 Å². The normalized spacial score (nSPS) is 26.0. The van der Waals surface area contributed by atoms with Gasteiger partial charge in [0.05, 0.1) is 17.4 Å². The number of amides is 1. The van der Waals surface area contributed by atoms with Gasteiger partial charge >= 0.3 is 5.97 Å². The van der Waals surface area contributed by atoms with E-state index in [1.807, 2.05) is 0 Å². The number of sulfonamides is 1. The molecule has 4 rings (SSSR count). The number of carbonyl (C=O) groups is 2. The molecule has 0 saturated heterocycles. The molecule has 4 N–H and O–H groups in total. The Kier molecular flexibility index (Phi) is 5.16. The van der Waals surface area contributed by atoms with Gasteiger partial charge in [0.15, 0.2) is 4.90 Å². The number of methoxy groups -OCH3 is 1. The first-order valence-electron chi connectivity index (χ1n) is 9.20. The maximum absolute atomic E-state index is 12.7. The Morgan fingerprint density at radius 3 is 2.33 bits per heavy atom. The summed E-state index contributed by atoms with van der Waals surface area (Å²) in [5.41, 5.74) is 2.76. The van der Waals surface area contributed by atoms with Gasteiger partial charge in [0.2, 0.25) is 15.9 Å². The van der Waals surface area contributed by atoms with E-state index in [4.69, 9.17) is 10.5 Å². The number of nitrogens with two attached hydrogens (primary N) is 1. The van der Waals surface area contributed by atoms with Crippen LogP contribution in [0, 0.1) is 15.5 Å². The molecule has 3 fully saturated rings. The van der Waals surface area contributed by atoms with E-state index >= 15 is 0 Å². The van der Waals surface area contributed by atoms with Crippen LogP contribution in [0.2, 0.25) is 0 Å². The summed E-state index contributed by atoms with van der Waals surface area (Å²) in [6.45, 7) is 3.17. The number of esters is 1. The molecule has 0 aromatic heterocycles. The van der Waals surface area contributed by atoms with Crippen LogP contribution in [0.4, 0.5) is 5.69 Å². The number of nitrogens with one attached hydrogen (secondary N) is 2. The number of nitro benzene ring substituents is 1. The highest BCUT2D eigenvalue weighted by Gasteiger charge is 2.73. The van der Waals surface area contributed by atoms with Crippen LogP contribution in [0.25, 0.3) is 0 Å². The monoisotopic (exact) mass is 440 g/mol. The number of hydrogen-bond donors (Lipinski definition) is 3. The van der Waals surface area contributed by atoms with Crippen molar-refractivity contribution in [1.29, 1.82) is 0 Å². The van der Waals surface area contributed by atoms with Crippen LogP contribution in [-0.4, -0.2) is 49.4 Å². The molecule has 164 valence electrons. The number of carbonyl (C=O) groups excluding carboxylic acids is 2. The van der Waals surface area contributed by atoms with E-state index in [0.29, 0.717) is 0 Å². The quantitative estimate of drug-likeness (QED) is 0.292. The van der Waals surface area contributed by atoms with Crippen LogP contribution in [0.5, 0.6) is 0 Å². The molecule has 1 amide bonds. The Morgan fingerprint density at radius 1 is 1.27 bits per heavy atom. The van der Waals surface area contributed by atoms with Crippen molar-refractivity contribution in [2.45, 2.75) is 55.1 Å². The number of rotatable bonds is 8. The summed E-state index contributed by atoms with van der Waals surface area (Å²) in [6.07, 6.45) is 0.680. The van der Waals surface area contributed by atoms with Crippen molar-refractivity contribution >= 4 is 27.6 Å². The maximum Gasteiger partial charge on any atom is 0.330 e. The van der Waals surface area contributed by atoms with Gasteiger partial charge in [0.25, 0.3) is 5.69 Å². The molecule has 1 aromatic carbocycles. The second-order valence-electron chi connectivity index (χ2n) is 8.67. The molecule has 3 saturated carbocycles. The zero-order chi connectivity index (χ0) is 22.5. The van der Waals surface area contributed by atoms with E-state index in [2.05, 4.69) is 10.0 Å². The molecule has 3 aliphatic carbocycles. The number of para-hydroxylation sites is 1. The summed E-state index contributed by atoms with van der Waals surface area (Å²) in [5, 5.41) is 13.8. The third kappa shape index (κ3) is 3.66. The summed E-state index contributed by atoms with van der Waals surface area (Å²) in [5.74, 6) is -1.07. The Bertz CT molecular complexity index is 996. The third-order valence-corrected chi connectivity index (χ3v) is 7.30. The predicted octanol–water partition coefficient (Wildman–Crippen LogP) is 0.191. The first kappa shape index (κ1) is 22.1. The second kappa shape index (κ2) is 7.00. The zero-order valence-corrected chi connectivity index (χ0v) is 17.6. The van der Waals surface area contributed by atoms with Gasteiger partial charge in [-0.15, -0.1) is 0 Å². The van der Waals surface area contributed by atoms with Crippen molar-refractivity contribution in [3.8, 4) is 0 Å². The molecular formula is C18H24N4O7S. The SMILES string of the molecule is COC(=O)[C@H](NC(=O)C12CC(NS(=O)(=O)c3ccccc3[N+](=O)[O-])(C1)C2)C(C)(C)N. The Morgan fingerprint density at radius 2 is 1.83 bits per heavy atom. The molecule has 30 heavy (non-hydrogen) atoms. The summed E-state index contributed by atoms with van der Waals surface area (Å²) >= 11 is 0. The van der Waals surface area contributed by atoms with E-state index < -0.39 is 59.9 Å². The van der Waals surface area contributed by atoms with Crippen molar-refractivity contribution in [1.82, 2.24) is 10.0 Å². The van der Waals surface area contributed by atoms with E-state index in [1.54, 1.807) is 13.8 Å². The fraction of sp³-hybridized carbons (Fsp3) is 0.556. The summed E-state index contributed by atoms with van der Waals surface area (Å²) in [7, 11) is -2.95. The van der Waals surface area contributed by atoms with Crippen molar-refractivity contribution in [2.75, 3.05) is 7.11 Å². The van der Waals surface area contributed by atoms with Crippen molar-refractivity contribution in [3.05, 3.63) is 34.4 Å². The molecule has 0 aliphatic heterocycles. The number of nitro groups is 1. The number of nitrogens with zero attached hydrogens (tertiary/aromatic N) is 1. The fourth-order valence-corrected chi connectivity index (χ4v) is 5.84. The Hall–Kier alpha value is -2.57. The van der Waals surface area contributed by atoms with Gasteiger partial charge in [0, 0.05) is 17.1 Å². The Balaban J connectivity index is 1.69. The summed E-state index contributed by atoms with van der Waals surface area (Å²) in [6, 6.07) is 4.02. The molecule has 1 atom stereocenters. The minimum atomic E-state index is -4.15. The minimum absolute atomic E-state index is 0.227. The summed E-state index contributed by atoms with van der Waals surface area (Å²) in [4.78, 5) is 34.7. The number of ether oxygens (including phenoxy) is 1. The second-order valence-corrected chi connectivity index (χ2v) is 10.3. The molecule has 11 nitrogen and oxygen atoms in total. The molecule has 0 unspecified atom stereocenters. The van der Waals surface area contributed by atoms with Crippen LogP contribution < -0.4 is 15.8 Å². The van der Waals surface area contributed by atoms with Crippen LogP contribution in [0.3, 0.4) is 0 Å².